The van der Waals surface area contributed by atoms with Gasteiger partial charge in [-0.15, -0.1) is 13.2 Å². The molecule has 0 spiro atoms. The quantitative estimate of drug-likeness (QED) is 0.625. The van der Waals surface area contributed by atoms with Gasteiger partial charge in [0.05, 0.1) is 11.0 Å². The summed E-state index contributed by atoms with van der Waals surface area (Å²) < 4.78 is 39.0. The van der Waals surface area contributed by atoms with Gasteiger partial charge in [-0.3, -0.25) is 10.1 Å². The van der Waals surface area contributed by atoms with Crippen LogP contribution in [0.3, 0.4) is 0 Å². The number of hydrogen-bond donors (Lipinski definition) is 2. The summed E-state index contributed by atoms with van der Waals surface area (Å²) >= 11 is 0. The molecule has 0 aromatic carbocycles. The fourth-order valence-electron chi connectivity index (χ4n) is 0.949. The Morgan fingerprint density at radius 1 is 1.50 bits per heavy atom. The van der Waals surface area contributed by atoms with Crippen molar-refractivity contribution >= 4 is 11.7 Å². The zero-order chi connectivity index (χ0) is 14.1. The molecule has 0 saturated heterocycles. The molecule has 8 nitrogen and oxygen atoms in total. The van der Waals surface area contributed by atoms with Gasteiger partial charge in [0.25, 0.3) is 0 Å². The van der Waals surface area contributed by atoms with Gasteiger partial charge in [-0.2, -0.15) is 4.98 Å². The molecule has 0 aliphatic carbocycles. The minimum Gasteiger partial charge on any atom is -0.505 e. The number of ether oxygens (including phenoxy) is 1. The first-order chi connectivity index (χ1) is 8.11. The second-order valence-corrected chi connectivity index (χ2v) is 2.79. The number of nitro groups is 1. The molecule has 2 N–H and O–H groups in total. The molecule has 0 aliphatic heterocycles. The summed E-state index contributed by atoms with van der Waals surface area (Å²) in [5.74, 6) is -4.58. The van der Waals surface area contributed by atoms with Crippen LogP contribution in [0.25, 0.3) is 0 Å². The number of alkyl halides is 3. The minimum atomic E-state index is -5.29. The molecular weight excluding hydrogens is 265 g/mol. The second-order valence-electron chi connectivity index (χ2n) is 2.79. The van der Waals surface area contributed by atoms with Gasteiger partial charge in [-0.05, 0) is 0 Å². The summed E-state index contributed by atoms with van der Waals surface area (Å²) in [6.45, 7) is 0. The number of hydrogen-bond acceptors (Lipinski definition) is 6. The summed E-state index contributed by atoms with van der Waals surface area (Å²) in [4.78, 5) is 22.3. The molecule has 0 atom stereocenters. The zero-order valence-electron chi connectivity index (χ0n) is 8.13. The SMILES string of the molecule is O=C(O)c1nc(OC(F)(F)F)c([N+](=O)[O-])cc1O. The summed E-state index contributed by atoms with van der Waals surface area (Å²) in [5, 5.41) is 27.9. The average Bonchev–Trinajstić information content (AvgIpc) is 2.17. The molecule has 11 heteroatoms. The molecule has 0 fully saturated rings. The maximum Gasteiger partial charge on any atom is 0.574 e. The topological polar surface area (TPSA) is 123 Å². The van der Waals surface area contributed by atoms with Crippen molar-refractivity contribution in [3.63, 3.8) is 0 Å². The number of aromatic nitrogens is 1. The lowest BCUT2D eigenvalue weighted by Crippen LogP contribution is -2.19. The van der Waals surface area contributed by atoms with E-state index in [0.717, 1.165) is 0 Å². The van der Waals surface area contributed by atoms with Crippen LogP contribution in [0.1, 0.15) is 10.5 Å². The number of aromatic hydroxyl groups is 1. The van der Waals surface area contributed by atoms with Crippen LogP contribution >= 0.6 is 0 Å². The third-order valence-electron chi connectivity index (χ3n) is 1.56. The molecule has 0 radical (unpaired) electrons. The third kappa shape index (κ3) is 2.96. The standard InChI is InChI=1S/C7H3F3N2O6/c8-7(9,10)18-5-2(12(16)17)1-3(13)4(11-5)6(14)15/h1,13H,(H,14,15). The summed E-state index contributed by atoms with van der Waals surface area (Å²) in [7, 11) is 0. The van der Waals surface area contributed by atoms with E-state index in [1.54, 1.807) is 0 Å². The maximum atomic E-state index is 11.9. The van der Waals surface area contributed by atoms with Gasteiger partial charge in [-0.25, -0.2) is 4.79 Å². The number of carbonyl (C=O) groups is 1. The molecular formula is C7H3F3N2O6. The van der Waals surface area contributed by atoms with E-state index < -0.39 is 40.3 Å². The Kier molecular flexibility index (Phi) is 3.26. The van der Waals surface area contributed by atoms with E-state index in [0.29, 0.717) is 0 Å². The summed E-state index contributed by atoms with van der Waals surface area (Å²) in [5.41, 5.74) is -2.50. The largest absolute Gasteiger partial charge is 0.574 e. The summed E-state index contributed by atoms with van der Waals surface area (Å²) in [6.07, 6.45) is -5.29. The average molecular weight is 268 g/mol. The molecule has 18 heavy (non-hydrogen) atoms. The van der Waals surface area contributed by atoms with E-state index in [1.165, 1.54) is 0 Å². The molecule has 1 heterocycles. The third-order valence-corrected chi connectivity index (χ3v) is 1.56. The van der Waals surface area contributed by atoms with E-state index in [4.69, 9.17) is 10.2 Å². The molecule has 1 aromatic heterocycles. The monoisotopic (exact) mass is 268 g/mol. The predicted octanol–water partition coefficient (Wildman–Crippen LogP) is 1.29. The van der Waals surface area contributed by atoms with Crippen LogP contribution in [0, 0.1) is 10.1 Å². The van der Waals surface area contributed by atoms with Crippen LogP contribution < -0.4 is 4.74 Å². The van der Waals surface area contributed by atoms with Crippen LogP contribution in [0.4, 0.5) is 18.9 Å². The van der Waals surface area contributed by atoms with Crippen molar-refractivity contribution in [1.82, 2.24) is 4.98 Å². The van der Waals surface area contributed by atoms with Crippen LogP contribution in [0.5, 0.6) is 11.6 Å². The molecule has 0 bridgehead atoms. The van der Waals surface area contributed by atoms with Gasteiger partial charge in [0.15, 0.2) is 11.4 Å². The summed E-state index contributed by atoms with van der Waals surface area (Å²) in [6, 6.07) is 0.206. The lowest BCUT2D eigenvalue weighted by atomic mass is 10.3. The first kappa shape index (κ1) is 13.5. The molecule has 0 amide bonds. The maximum absolute atomic E-state index is 11.9. The molecule has 0 saturated carbocycles. The van der Waals surface area contributed by atoms with Crippen LogP contribution in [-0.4, -0.2) is 32.5 Å². The number of carboxylic acids is 1. The van der Waals surface area contributed by atoms with E-state index in [1.807, 2.05) is 0 Å². The zero-order valence-corrected chi connectivity index (χ0v) is 8.13. The lowest BCUT2D eigenvalue weighted by Gasteiger charge is -2.09. The van der Waals surface area contributed by atoms with E-state index in [9.17, 15) is 28.1 Å². The Morgan fingerprint density at radius 3 is 2.44 bits per heavy atom. The first-order valence-corrected chi connectivity index (χ1v) is 3.99. The van der Waals surface area contributed by atoms with E-state index in [-0.39, 0.29) is 6.07 Å². The normalized spacial score (nSPS) is 11.1. The number of pyridine rings is 1. The fourth-order valence-corrected chi connectivity index (χ4v) is 0.949. The van der Waals surface area contributed by atoms with Crippen molar-refractivity contribution < 1.29 is 37.8 Å². The lowest BCUT2D eigenvalue weighted by molar-refractivity contribution is -0.389. The highest BCUT2D eigenvalue weighted by Gasteiger charge is 2.36. The van der Waals surface area contributed by atoms with Crippen molar-refractivity contribution in [2.75, 3.05) is 0 Å². The van der Waals surface area contributed by atoms with Crippen LogP contribution in [-0.2, 0) is 0 Å². The molecule has 0 unspecified atom stereocenters. The van der Waals surface area contributed by atoms with Crippen LogP contribution in [0.15, 0.2) is 6.07 Å². The number of aromatic carboxylic acids is 1. The van der Waals surface area contributed by atoms with Gasteiger partial charge in [0.1, 0.15) is 0 Å². The predicted molar refractivity (Wildman–Crippen MR) is 46.2 cm³/mol. The van der Waals surface area contributed by atoms with Gasteiger partial charge >= 0.3 is 23.9 Å². The van der Waals surface area contributed by atoms with E-state index in [2.05, 4.69) is 9.72 Å². The smallest absolute Gasteiger partial charge is 0.505 e. The van der Waals surface area contributed by atoms with Crippen molar-refractivity contribution in [3.05, 3.63) is 21.9 Å². The molecule has 1 rings (SSSR count). The van der Waals surface area contributed by atoms with Gasteiger partial charge < -0.3 is 14.9 Å². The Morgan fingerprint density at radius 2 is 2.06 bits per heavy atom. The van der Waals surface area contributed by atoms with Gasteiger partial charge in [0, 0.05) is 0 Å². The second kappa shape index (κ2) is 4.35. The Balaban J connectivity index is 3.40. The number of nitrogens with zero attached hydrogens (tertiary/aromatic N) is 2. The highest BCUT2D eigenvalue weighted by Crippen LogP contribution is 2.34. The highest BCUT2D eigenvalue weighted by atomic mass is 19.4. The fraction of sp³-hybridized carbons (Fsp3) is 0.143. The number of halogens is 3. The Hall–Kier alpha value is -2.59. The van der Waals surface area contributed by atoms with Crippen LogP contribution in [0.2, 0.25) is 0 Å². The molecule has 0 aliphatic rings. The Bertz CT molecular complexity index is 515. The van der Waals surface area contributed by atoms with Gasteiger partial charge in [0.2, 0.25) is 0 Å². The highest BCUT2D eigenvalue weighted by molar-refractivity contribution is 5.89. The minimum absolute atomic E-state index is 0.206. The molecule has 1 aromatic rings. The number of carboxylic acid groups (broad SMARTS) is 1. The number of rotatable bonds is 3. The van der Waals surface area contributed by atoms with Crippen molar-refractivity contribution in [2.24, 2.45) is 0 Å². The van der Waals surface area contributed by atoms with Crippen molar-refractivity contribution in [3.8, 4) is 11.6 Å². The van der Waals surface area contributed by atoms with Crippen molar-refractivity contribution in [2.45, 2.75) is 6.36 Å². The molecule has 98 valence electrons. The van der Waals surface area contributed by atoms with E-state index >= 15 is 0 Å². The first-order valence-electron chi connectivity index (χ1n) is 3.99. The van der Waals surface area contributed by atoms with Gasteiger partial charge in [-0.1, -0.05) is 0 Å². The Labute approximate surface area is 95.4 Å². The van der Waals surface area contributed by atoms with Crippen molar-refractivity contribution in [1.29, 1.82) is 0 Å².